The average molecular weight is 446 g/mol. The second kappa shape index (κ2) is 9.61. The predicted molar refractivity (Wildman–Crippen MR) is 130 cm³/mol. The normalized spacial score (nSPS) is 22.2. The van der Waals surface area contributed by atoms with Crippen LogP contribution in [0, 0.1) is 5.41 Å². The molecule has 2 aliphatic rings. The van der Waals surface area contributed by atoms with Crippen LogP contribution in [0.25, 0.3) is 0 Å². The zero-order valence-corrected chi connectivity index (χ0v) is 19.5. The van der Waals surface area contributed by atoms with Gasteiger partial charge in [0, 0.05) is 24.6 Å². The van der Waals surface area contributed by atoms with Gasteiger partial charge in [-0.05, 0) is 38.0 Å². The summed E-state index contributed by atoms with van der Waals surface area (Å²) in [5.74, 6) is -0.970. The van der Waals surface area contributed by atoms with Crippen LogP contribution in [0.15, 0.2) is 77.0 Å². The quantitative estimate of drug-likeness (QED) is 0.468. The third kappa shape index (κ3) is 3.94. The van der Waals surface area contributed by atoms with E-state index in [0.717, 1.165) is 36.3 Å². The lowest BCUT2D eigenvalue weighted by Crippen LogP contribution is -2.43. The number of unbranched alkanes of at least 4 members (excludes halogenated alkanes) is 1. The van der Waals surface area contributed by atoms with Crippen molar-refractivity contribution in [2.45, 2.75) is 46.0 Å². The molecule has 0 saturated carbocycles. The third-order valence-electron chi connectivity index (χ3n) is 6.53. The van der Waals surface area contributed by atoms with Crippen LogP contribution in [0.3, 0.4) is 0 Å². The molecule has 1 heterocycles. The number of hydrazone groups is 1. The molecule has 4 rings (SSSR count). The number of hydrogen-bond acceptors (Lipinski definition) is 5. The van der Waals surface area contributed by atoms with Crippen LogP contribution in [0.2, 0.25) is 0 Å². The number of hydrogen-bond donors (Lipinski definition) is 1. The fourth-order valence-electron chi connectivity index (χ4n) is 4.93. The van der Waals surface area contributed by atoms with Gasteiger partial charge in [-0.3, -0.25) is 4.79 Å². The van der Waals surface area contributed by atoms with Gasteiger partial charge in [0.2, 0.25) is 0 Å². The van der Waals surface area contributed by atoms with Crippen LogP contribution >= 0.6 is 0 Å². The van der Waals surface area contributed by atoms with Gasteiger partial charge in [0.15, 0.2) is 0 Å². The van der Waals surface area contributed by atoms with Crippen molar-refractivity contribution in [3.63, 3.8) is 0 Å². The number of allylic oxidation sites excluding steroid dienone is 1. The molecule has 1 aliphatic carbocycles. The topological polar surface area (TPSA) is 71.0 Å². The number of benzene rings is 2. The molecule has 0 fully saturated rings. The summed E-state index contributed by atoms with van der Waals surface area (Å²) in [5, 5.41) is 9.68. The molecule has 172 valence electrons. The van der Waals surface area contributed by atoms with Gasteiger partial charge in [0.05, 0.1) is 23.6 Å². The Hall–Kier alpha value is -3.41. The summed E-state index contributed by atoms with van der Waals surface area (Å²) in [5.41, 5.74) is 2.68. The van der Waals surface area contributed by atoms with Crippen molar-refractivity contribution in [2.24, 2.45) is 10.5 Å². The smallest absolute Gasteiger partial charge is 0.336 e. The summed E-state index contributed by atoms with van der Waals surface area (Å²) < 4.78 is 5.50. The first-order valence-electron chi connectivity index (χ1n) is 11.7. The predicted octanol–water partition coefficient (Wildman–Crippen LogP) is 4.79. The summed E-state index contributed by atoms with van der Waals surface area (Å²) in [4.78, 5) is 27.4. The molecule has 6 nitrogen and oxygen atoms in total. The summed E-state index contributed by atoms with van der Waals surface area (Å²) in [7, 11) is 0. The average Bonchev–Trinajstić information content (AvgIpc) is 3.31. The minimum atomic E-state index is -0.978. The third-order valence-corrected chi connectivity index (χ3v) is 6.53. The highest BCUT2D eigenvalue weighted by atomic mass is 16.5. The number of amides is 1. The lowest BCUT2D eigenvalue weighted by Gasteiger charge is -2.31. The van der Waals surface area contributed by atoms with Gasteiger partial charge in [0.25, 0.3) is 5.91 Å². The summed E-state index contributed by atoms with van der Waals surface area (Å²) >= 11 is 0. The number of anilines is 1. The first-order valence-corrected chi connectivity index (χ1v) is 11.7. The fourth-order valence-corrected chi connectivity index (χ4v) is 4.93. The van der Waals surface area contributed by atoms with Crippen molar-refractivity contribution in [3.05, 3.63) is 77.5 Å². The molecule has 0 bridgehead atoms. The lowest BCUT2D eigenvalue weighted by atomic mass is 9.68. The van der Waals surface area contributed by atoms with Gasteiger partial charge in [-0.1, -0.05) is 61.9 Å². The Bertz CT molecular complexity index is 1080. The maximum atomic E-state index is 14.1. The number of ether oxygens (including phenoxy) is 1. The molecular formula is C27H31N3O3. The van der Waals surface area contributed by atoms with Crippen LogP contribution in [0.4, 0.5) is 5.69 Å². The molecule has 6 heteroatoms. The van der Waals surface area contributed by atoms with Crippen molar-refractivity contribution in [2.75, 3.05) is 18.2 Å². The Balaban J connectivity index is 1.85. The SMILES string of the molecule is CCCCNC1=C(C(=O)OCC)C(c2ccccc2)C2(C1)C(=O)N(c1ccccc1)N=C2C. The number of para-hydroxylation sites is 1. The van der Waals surface area contributed by atoms with E-state index in [4.69, 9.17) is 9.84 Å². The Morgan fingerprint density at radius 3 is 2.42 bits per heavy atom. The number of carbonyl (C=O) groups excluding carboxylic acids is 2. The molecule has 33 heavy (non-hydrogen) atoms. The highest BCUT2D eigenvalue weighted by Gasteiger charge is 2.61. The Kier molecular flexibility index (Phi) is 6.63. The van der Waals surface area contributed by atoms with Gasteiger partial charge in [-0.25, -0.2) is 4.79 Å². The summed E-state index contributed by atoms with van der Waals surface area (Å²) in [6, 6.07) is 19.2. The van der Waals surface area contributed by atoms with E-state index in [9.17, 15) is 9.59 Å². The lowest BCUT2D eigenvalue weighted by molar-refractivity contribution is -0.139. The number of rotatable bonds is 8. The number of nitrogens with zero attached hydrogens (tertiary/aromatic N) is 2. The maximum Gasteiger partial charge on any atom is 0.336 e. The van der Waals surface area contributed by atoms with Crippen LogP contribution in [0.5, 0.6) is 0 Å². The monoisotopic (exact) mass is 445 g/mol. The zero-order valence-electron chi connectivity index (χ0n) is 19.5. The van der Waals surface area contributed by atoms with E-state index >= 15 is 0 Å². The van der Waals surface area contributed by atoms with Gasteiger partial charge in [-0.2, -0.15) is 10.1 Å². The van der Waals surface area contributed by atoms with Gasteiger partial charge in [0.1, 0.15) is 5.41 Å². The van der Waals surface area contributed by atoms with Gasteiger partial charge >= 0.3 is 5.97 Å². The van der Waals surface area contributed by atoms with Gasteiger partial charge in [-0.15, -0.1) is 0 Å². The van der Waals surface area contributed by atoms with E-state index in [-0.39, 0.29) is 18.5 Å². The minimum Gasteiger partial charge on any atom is -0.463 e. The zero-order chi connectivity index (χ0) is 23.4. The van der Waals surface area contributed by atoms with Crippen molar-refractivity contribution >= 4 is 23.3 Å². The first kappa shape index (κ1) is 22.8. The summed E-state index contributed by atoms with van der Waals surface area (Å²) in [6.07, 6.45) is 2.39. The molecule has 0 radical (unpaired) electrons. The number of nitrogens with one attached hydrogen (secondary N) is 1. The molecule has 0 aromatic heterocycles. The van der Waals surface area contributed by atoms with E-state index < -0.39 is 11.3 Å². The molecule has 2 unspecified atom stereocenters. The second-order valence-corrected chi connectivity index (χ2v) is 8.52. The van der Waals surface area contributed by atoms with E-state index in [2.05, 4.69) is 12.2 Å². The van der Waals surface area contributed by atoms with E-state index in [1.165, 1.54) is 5.01 Å². The number of esters is 1. The maximum absolute atomic E-state index is 14.1. The van der Waals surface area contributed by atoms with Crippen LogP contribution in [0.1, 0.15) is 51.5 Å². The highest BCUT2D eigenvalue weighted by Crippen LogP contribution is 2.56. The minimum absolute atomic E-state index is 0.117. The summed E-state index contributed by atoms with van der Waals surface area (Å²) in [6.45, 7) is 6.83. The first-order chi connectivity index (χ1) is 16.0. The van der Waals surface area contributed by atoms with Crippen LogP contribution < -0.4 is 10.3 Å². The van der Waals surface area contributed by atoms with Crippen molar-refractivity contribution in [1.82, 2.24) is 5.32 Å². The largest absolute Gasteiger partial charge is 0.463 e. The van der Waals surface area contributed by atoms with E-state index in [1.807, 2.05) is 67.6 Å². The van der Waals surface area contributed by atoms with Crippen LogP contribution in [-0.4, -0.2) is 30.7 Å². The van der Waals surface area contributed by atoms with Crippen molar-refractivity contribution in [3.8, 4) is 0 Å². The molecule has 0 saturated heterocycles. The molecule has 1 aliphatic heterocycles. The van der Waals surface area contributed by atoms with E-state index in [0.29, 0.717) is 17.7 Å². The van der Waals surface area contributed by atoms with Crippen molar-refractivity contribution in [1.29, 1.82) is 0 Å². The molecule has 2 atom stereocenters. The molecule has 1 spiro atoms. The Morgan fingerprint density at radius 2 is 1.79 bits per heavy atom. The molecule has 2 aromatic rings. The highest BCUT2D eigenvalue weighted by molar-refractivity contribution is 6.21. The molecule has 2 aromatic carbocycles. The van der Waals surface area contributed by atoms with Crippen molar-refractivity contribution < 1.29 is 14.3 Å². The van der Waals surface area contributed by atoms with Gasteiger partial charge < -0.3 is 10.1 Å². The molecule has 1 N–H and O–H groups in total. The standard InChI is InChI=1S/C27H31N3O3/c1-4-6-17-28-22-18-27(19(3)29-30(26(27)32)21-15-11-8-12-16-21)24(20-13-9-7-10-14-20)23(22)25(31)33-5-2/h7-16,24,28H,4-6,17-18H2,1-3H3. The van der Waals surface area contributed by atoms with E-state index in [1.54, 1.807) is 6.92 Å². The fraction of sp³-hybridized carbons (Fsp3) is 0.370. The Labute approximate surface area is 195 Å². The Morgan fingerprint density at radius 1 is 1.12 bits per heavy atom. The number of carbonyl (C=O) groups is 2. The molecular weight excluding hydrogens is 414 g/mol. The molecule has 1 amide bonds. The second-order valence-electron chi connectivity index (χ2n) is 8.52. The van der Waals surface area contributed by atoms with Crippen LogP contribution in [-0.2, 0) is 14.3 Å².